The highest BCUT2D eigenvalue weighted by atomic mass is 16.7. The Hall–Kier alpha value is -1.18. The van der Waals surface area contributed by atoms with Crippen LogP contribution < -0.4 is 5.73 Å². The third-order valence-corrected chi connectivity index (χ3v) is 16.9. The molecular formula is C42H69N3O8. The van der Waals surface area contributed by atoms with Gasteiger partial charge in [-0.05, 0) is 111 Å². The van der Waals surface area contributed by atoms with Crippen molar-refractivity contribution in [2.75, 3.05) is 59.6 Å². The number of aliphatic hydroxyl groups is 1. The Morgan fingerprint density at radius 1 is 1.06 bits per heavy atom. The van der Waals surface area contributed by atoms with Gasteiger partial charge >= 0.3 is 5.97 Å². The molecule has 3 saturated heterocycles. The average molecular weight is 744 g/mol. The maximum Gasteiger partial charge on any atom is 0.303 e. The molecule has 2 spiro atoms. The number of fused-ring (bicyclic) bond motifs is 4. The molecule has 0 bridgehead atoms. The lowest BCUT2D eigenvalue weighted by molar-refractivity contribution is -0.246. The van der Waals surface area contributed by atoms with Crippen molar-refractivity contribution in [3.05, 3.63) is 0 Å². The van der Waals surface area contributed by atoms with Crippen molar-refractivity contribution in [3.8, 4) is 0 Å². The second-order valence-electron chi connectivity index (χ2n) is 20.5. The molecule has 11 nitrogen and oxygen atoms in total. The quantitative estimate of drug-likeness (QED) is 0.315. The Labute approximate surface area is 317 Å². The number of carbonyl (C=O) groups excluding carboxylic acids is 2. The van der Waals surface area contributed by atoms with Crippen molar-refractivity contribution in [2.45, 2.75) is 142 Å². The maximum atomic E-state index is 15.0. The molecular weight excluding hydrogens is 674 g/mol. The summed E-state index contributed by atoms with van der Waals surface area (Å²) >= 11 is 0. The molecule has 13 unspecified atom stereocenters. The molecule has 8 rings (SSSR count). The molecule has 0 aromatic rings. The lowest BCUT2D eigenvalue weighted by atomic mass is 9.43. The van der Waals surface area contributed by atoms with Gasteiger partial charge in [-0.15, -0.1) is 0 Å². The van der Waals surface area contributed by atoms with Crippen LogP contribution in [-0.2, 0) is 33.3 Å². The lowest BCUT2D eigenvalue weighted by Crippen LogP contribution is -2.69. The Morgan fingerprint density at radius 2 is 1.77 bits per heavy atom. The van der Waals surface area contributed by atoms with Crippen molar-refractivity contribution in [1.29, 1.82) is 0 Å². The van der Waals surface area contributed by atoms with E-state index in [2.05, 4.69) is 37.5 Å². The second kappa shape index (κ2) is 13.2. The zero-order valence-corrected chi connectivity index (χ0v) is 33.9. The smallest absolute Gasteiger partial charge is 0.303 e. The Bertz CT molecular complexity index is 1430. The zero-order valence-electron chi connectivity index (χ0n) is 33.9. The summed E-state index contributed by atoms with van der Waals surface area (Å²) in [6, 6.07) is 0. The van der Waals surface area contributed by atoms with Gasteiger partial charge in [-0.3, -0.25) is 14.5 Å². The van der Waals surface area contributed by atoms with Gasteiger partial charge in [-0.2, -0.15) is 0 Å². The normalized spacial score (nSPS) is 47.3. The van der Waals surface area contributed by atoms with E-state index in [0.717, 1.165) is 90.8 Å². The fraction of sp³-hybridized carbons (Fsp3) is 0.952. The van der Waals surface area contributed by atoms with Crippen LogP contribution in [0.2, 0.25) is 0 Å². The number of nitrogens with zero attached hydrogens (tertiary/aromatic N) is 2. The number of morpholine rings is 1. The minimum Gasteiger partial charge on any atom is -0.457 e. The standard InChI is InChI=1S/C42H69N3O8/c1-25-19-28(36(38(5,6)48)51-26(2)46)52-34-33(25)39(7)13-14-41-24-40(41)12-11-31(37(3,4)29(40)9-10-30(41)42(39,43)35(34)47)53-32-23-45(16-18-50-32)22-27-20-44(21-27)15-17-49-8/h25,27-34,36,48H,9-24,43H2,1-8H3. The number of methoxy groups -OCH3 is 1. The molecule has 5 saturated carbocycles. The first-order valence-corrected chi connectivity index (χ1v) is 21.0. The second-order valence-corrected chi connectivity index (χ2v) is 20.5. The fourth-order valence-electron chi connectivity index (χ4n) is 14.6. The highest BCUT2D eigenvalue weighted by Gasteiger charge is 2.85. The van der Waals surface area contributed by atoms with Crippen molar-refractivity contribution in [1.82, 2.24) is 9.80 Å². The molecule has 53 heavy (non-hydrogen) atoms. The first kappa shape index (κ1) is 38.7. The van der Waals surface area contributed by atoms with Gasteiger partial charge in [0.05, 0.1) is 36.6 Å². The van der Waals surface area contributed by atoms with Crippen LogP contribution in [0.15, 0.2) is 0 Å². The predicted molar refractivity (Wildman–Crippen MR) is 199 cm³/mol. The summed E-state index contributed by atoms with van der Waals surface area (Å²) < 4.78 is 30.9. The molecule has 11 heteroatoms. The van der Waals surface area contributed by atoms with E-state index in [1.165, 1.54) is 6.92 Å². The van der Waals surface area contributed by atoms with Gasteiger partial charge in [0.1, 0.15) is 6.10 Å². The van der Waals surface area contributed by atoms with Gasteiger partial charge in [0.15, 0.2) is 18.2 Å². The highest BCUT2D eigenvalue weighted by molar-refractivity contribution is 5.97. The SMILES string of the molecule is COCCN1CC(CN2CCOC(OC3CCC45CC46CCC4(C)C7C(C)CC(C(OC(C)=O)C(C)(C)O)OC7C(=O)C4(N)C6CCC5C3(C)C)C2)C1. The van der Waals surface area contributed by atoms with Crippen molar-refractivity contribution in [3.63, 3.8) is 0 Å². The molecule has 0 amide bonds. The minimum absolute atomic E-state index is 0.00432. The maximum absolute atomic E-state index is 15.0. The highest BCUT2D eigenvalue weighted by Crippen LogP contribution is 2.87. The van der Waals surface area contributed by atoms with E-state index in [1.54, 1.807) is 21.0 Å². The number of likely N-dealkylation sites (tertiary alicyclic amines) is 1. The van der Waals surface area contributed by atoms with E-state index >= 15 is 0 Å². The Morgan fingerprint density at radius 3 is 2.47 bits per heavy atom. The van der Waals surface area contributed by atoms with E-state index in [0.29, 0.717) is 24.9 Å². The zero-order chi connectivity index (χ0) is 37.9. The molecule has 300 valence electrons. The van der Waals surface area contributed by atoms with Crippen LogP contribution in [-0.4, -0.2) is 128 Å². The molecule has 0 radical (unpaired) electrons. The van der Waals surface area contributed by atoms with Gasteiger partial charge < -0.3 is 39.4 Å². The summed E-state index contributed by atoms with van der Waals surface area (Å²) in [5.74, 6) is 1.05. The topological polar surface area (TPSA) is 133 Å². The van der Waals surface area contributed by atoms with Gasteiger partial charge in [-0.25, -0.2) is 0 Å². The van der Waals surface area contributed by atoms with Gasteiger partial charge in [0, 0.05) is 59.2 Å². The van der Waals surface area contributed by atoms with Crippen LogP contribution >= 0.6 is 0 Å². The first-order chi connectivity index (χ1) is 24.9. The third kappa shape index (κ3) is 5.78. The molecule has 3 N–H and O–H groups in total. The minimum atomic E-state index is -1.31. The monoisotopic (exact) mass is 744 g/mol. The first-order valence-electron chi connectivity index (χ1n) is 21.0. The lowest BCUT2D eigenvalue weighted by Gasteiger charge is -2.62. The molecule has 3 heterocycles. The molecule has 0 aromatic carbocycles. The molecule has 13 atom stereocenters. The molecule has 8 fully saturated rings. The van der Waals surface area contributed by atoms with E-state index in [9.17, 15) is 14.7 Å². The third-order valence-electron chi connectivity index (χ3n) is 16.9. The van der Waals surface area contributed by atoms with Crippen LogP contribution in [0.1, 0.15) is 99.8 Å². The fourth-order valence-corrected chi connectivity index (χ4v) is 14.6. The number of carbonyl (C=O) groups is 2. The average Bonchev–Trinajstić information content (AvgIpc) is 3.70. The predicted octanol–water partition coefficient (Wildman–Crippen LogP) is 4.02. The number of esters is 1. The summed E-state index contributed by atoms with van der Waals surface area (Å²) in [6.45, 7) is 21.8. The molecule has 0 aromatic heterocycles. The Balaban J connectivity index is 0.959. The number of ether oxygens (including phenoxy) is 5. The van der Waals surface area contributed by atoms with E-state index < -0.39 is 35.4 Å². The van der Waals surface area contributed by atoms with Crippen LogP contribution in [0.5, 0.6) is 0 Å². The number of hydrogen-bond acceptors (Lipinski definition) is 11. The largest absolute Gasteiger partial charge is 0.457 e. The van der Waals surface area contributed by atoms with Gasteiger partial charge in [0.2, 0.25) is 0 Å². The van der Waals surface area contributed by atoms with E-state index in [-0.39, 0.29) is 57.6 Å². The van der Waals surface area contributed by atoms with Crippen molar-refractivity contribution in [2.24, 2.45) is 57.0 Å². The molecule has 8 aliphatic rings. The number of hydrogen-bond donors (Lipinski definition) is 2. The van der Waals surface area contributed by atoms with E-state index in [4.69, 9.17) is 29.4 Å². The number of Topliss-reactive ketones (excluding diaryl/α,β-unsaturated/α-hetero) is 1. The molecule has 3 aliphatic heterocycles. The summed E-state index contributed by atoms with van der Waals surface area (Å²) in [6.07, 6.45) is 5.79. The van der Waals surface area contributed by atoms with Gasteiger partial charge in [-0.1, -0.05) is 27.7 Å². The summed E-state index contributed by atoms with van der Waals surface area (Å²) in [5, 5.41) is 11.0. The Kier molecular flexibility index (Phi) is 9.62. The number of nitrogens with two attached hydrogens (primary N) is 1. The number of ketones is 1. The van der Waals surface area contributed by atoms with Crippen LogP contribution in [0.25, 0.3) is 0 Å². The van der Waals surface area contributed by atoms with E-state index in [1.807, 2.05) is 0 Å². The van der Waals surface area contributed by atoms with Gasteiger partial charge in [0.25, 0.3) is 0 Å². The summed E-state index contributed by atoms with van der Waals surface area (Å²) in [5.41, 5.74) is 5.31. The number of rotatable bonds is 10. The summed E-state index contributed by atoms with van der Waals surface area (Å²) in [4.78, 5) is 32.1. The van der Waals surface area contributed by atoms with Crippen LogP contribution in [0.4, 0.5) is 0 Å². The summed E-state index contributed by atoms with van der Waals surface area (Å²) in [7, 11) is 1.77. The van der Waals surface area contributed by atoms with Crippen molar-refractivity contribution < 1.29 is 38.4 Å². The van der Waals surface area contributed by atoms with Crippen LogP contribution in [0, 0.1) is 51.2 Å². The van der Waals surface area contributed by atoms with Crippen molar-refractivity contribution >= 4 is 11.8 Å². The molecule has 5 aliphatic carbocycles. The van der Waals surface area contributed by atoms with Crippen LogP contribution in [0.3, 0.4) is 0 Å².